The van der Waals surface area contributed by atoms with E-state index >= 15 is 0 Å². The molecule has 90 valence electrons. The van der Waals surface area contributed by atoms with Crippen LogP contribution < -0.4 is 0 Å². The number of unbranched alkanes of at least 4 members (excludes halogenated alkanes) is 3. The van der Waals surface area contributed by atoms with Gasteiger partial charge in [-0.1, -0.05) is 38.8 Å². The number of carbonyl (C=O) groups excluding carboxylic acids is 2. The fourth-order valence-electron chi connectivity index (χ4n) is 1.22. The molecule has 0 aliphatic carbocycles. The van der Waals surface area contributed by atoms with Crippen molar-refractivity contribution in [3.05, 3.63) is 24.3 Å². The third kappa shape index (κ3) is 6.17. The molecular weight excluding hydrogens is 204 g/mol. The van der Waals surface area contributed by atoms with Gasteiger partial charge in [0.25, 0.3) is 0 Å². The Hall–Kier alpha value is -1.38. The lowest BCUT2D eigenvalue weighted by atomic mass is 10.2. The average Bonchev–Trinajstić information content (AvgIpc) is 2.24. The van der Waals surface area contributed by atoms with Crippen LogP contribution in [-0.2, 0) is 14.3 Å². The molecule has 0 rings (SSSR count). The molecule has 0 unspecified atom stereocenters. The first-order valence-electron chi connectivity index (χ1n) is 5.64. The Bertz CT molecular complexity index is 277. The normalized spacial score (nSPS) is 11.0. The Labute approximate surface area is 97.2 Å². The van der Waals surface area contributed by atoms with Gasteiger partial charge in [0.05, 0.1) is 6.61 Å². The first kappa shape index (κ1) is 14.6. The summed E-state index contributed by atoms with van der Waals surface area (Å²) in [5.74, 6) is -0.845. The van der Waals surface area contributed by atoms with Crippen molar-refractivity contribution in [3.63, 3.8) is 0 Å². The third-order valence-corrected chi connectivity index (χ3v) is 2.11. The summed E-state index contributed by atoms with van der Waals surface area (Å²) in [6.07, 6.45) is 6.97. The Kier molecular flexibility index (Phi) is 8.12. The van der Waals surface area contributed by atoms with Gasteiger partial charge in [0, 0.05) is 0 Å². The second-order valence-corrected chi connectivity index (χ2v) is 3.57. The molecule has 16 heavy (non-hydrogen) atoms. The number of hydrogen-bond acceptors (Lipinski definition) is 3. The predicted octanol–water partition coefficient (Wildman–Crippen LogP) is 2.81. The van der Waals surface area contributed by atoms with E-state index in [9.17, 15) is 9.59 Å². The highest BCUT2D eigenvalue weighted by Crippen LogP contribution is 2.03. The quantitative estimate of drug-likeness (QED) is 0.159. The van der Waals surface area contributed by atoms with Crippen molar-refractivity contribution in [2.45, 2.75) is 39.5 Å². The summed E-state index contributed by atoms with van der Waals surface area (Å²) in [7, 11) is 0. The van der Waals surface area contributed by atoms with Crippen molar-refractivity contribution in [1.29, 1.82) is 0 Å². The van der Waals surface area contributed by atoms with E-state index in [1.807, 2.05) is 0 Å². The van der Waals surface area contributed by atoms with Crippen LogP contribution in [0.4, 0.5) is 0 Å². The molecule has 0 amide bonds. The lowest BCUT2D eigenvalue weighted by Gasteiger charge is -2.05. The van der Waals surface area contributed by atoms with Gasteiger partial charge in [-0.3, -0.25) is 4.79 Å². The summed E-state index contributed by atoms with van der Waals surface area (Å²) in [6.45, 7) is 7.28. The van der Waals surface area contributed by atoms with Crippen molar-refractivity contribution >= 4 is 11.8 Å². The molecule has 0 aromatic heterocycles. The van der Waals surface area contributed by atoms with E-state index in [1.54, 1.807) is 0 Å². The SMILES string of the molecule is C=CC=C(C(C)=O)C(=O)OCCCCCC. The van der Waals surface area contributed by atoms with Gasteiger partial charge in [0.2, 0.25) is 0 Å². The number of allylic oxidation sites excluding steroid dienone is 2. The molecule has 0 aromatic carbocycles. The van der Waals surface area contributed by atoms with Gasteiger partial charge in [0.15, 0.2) is 5.78 Å². The third-order valence-electron chi connectivity index (χ3n) is 2.11. The van der Waals surface area contributed by atoms with Gasteiger partial charge >= 0.3 is 5.97 Å². The molecule has 3 nitrogen and oxygen atoms in total. The molecule has 0 N–H and O–H groups in total. The number of carbonyl (C=O) groups is 2. The molecule has 0 saturated heterocycles. The van der Waals surface area contributed by atoms with Gasteiger partial charge in [-0.15, -0.1) is 0 Å². The van der Waals surface area contributed by atoms with Crippen LogP contribution in [-0.4, -0.2) is 18.4 Å². The molecule has 0 aliphatic rings. The largest absolute Gasteiger partial charge is 0.462 e. The number of rotatable bonds is 8. The first-order valence-corrected chi connectivity index (χ1v) is 5.64. The zero-order valence-electron chi connectivity index (χ0n) is 10.1. The number of ether oxygens (including phenoxy) is 1. The van der Waals surface area contributed by atoms with Gasteiger partial charge in [0.1, 0.15) is 5.57 Å². The molecule has 0 atom stereocenters. The maximum absolute atomic E-state index is 11.4. The fraction of sp³-hybridized carbons (Fsp3) is 0.538. The van der Waals surface area contributed by atoms with Gasteiger partial charge in [-0.25, -0.2) is 4.79 Å². The number of ketones is 1. The average molecular weight is 224 g/mol. The Morgan fingerprint density at radius 2 is 1.94 bits per heavy atom. The van der Waals surface area contributed by atoms with E-state index in [2.05, 4.69) is 13.5 Å². The molecule has 0 fully saturated rings. The standard InChI is InChI=1S/C13H20O3/c1-4-6-7-8-10-16-13(15)12(9-5-2)11(3)14/h5,9H,2,4,6-8,10H2,1,3H3. The molecule has 0 aliphatic heterocycles. The molecule has 0 aromatic rings. The Morgan fingerprint density at radius 1 is 1.25 bits per heavy atom. The Balaban J connectivity index is 3.99. The van der Waals surface area contributed by atoms with Crippen LogP contribution in [0, 0.1) is 0 Å². The van der Waals surface area contributed by atoms with Crippen molar-refractivity contribution in [1.82, 2.24) is 0 Å². The van der Waals surface area contributed by atoms with E-state index in [-0.39, 0.29) is 11.4 Å². The van der Waals surface area contributed by atoms with Crippen LogP contribution >= 0.6 is 0 Å². The predicted molar refractivity (Wildman–Crippen MR) is 64.1 cm³/mol. The van der Waals surface area contributed by atoms with Crippen LogP contribution in [0.25, 0.3) is 0 Å². The fourth-order valence-corrected chi connectivity index (χ4v) is 1.22. The number of esters is 1. The minimum absolute atomic E-state index is 0.0606. The highest BCUT2D eigenvalue weighted by molar-refractivity contribution is 6.16. The highest BCUT2D eigenvalue weighted by Gasteiger charge is 2.14. The van der Waals surface area contributed by atoms with E-state index in [1.165, 1.54) is 19.1 Å². The minimum Gasteiger partial charge on any atom is -0.462 e. The van der Waals surface area contributed by atoms with Crippen molar-refractivity contribution < 1.29 is 14.3 Å². The maximum Gasteiger partial charge on any atom is 0.341 e. The zero-order chi connectivity index (χ0) is 12.4. The molecule has 0 radical (unpaired) electrons. The van der Waals surface area contributed by atoms with Gasteiger partial charge < -0.3 is 4.74 Å². The smallest absolute Gasteiger partial charge is 0.341 e. The molecule has 0 saturated carbocycles. The second kappa shape index (κ2) is 8.89. The van der Waals surface area contributed by atoms with E-state index < -0.39 is 5.97 Å². The van der Waals surface area contributed by atoms with Gasteiger partial charge in [-0.05, 0) is 19.4 Å². The number of Topliss-reactive ketones (excluding diaryl/α,β-unsaturated/α-hetero) is 1. The monoisotopic (exact) mass is 224 g/mol. The summed E-state index contributed by atoms with van der Waals surface area (Å²) in [5, 5.41) is 0. The molecule has 0 heterocycles. The lowest BCUT2D eigenvalue weighted by Crippen LogP contribution is -2.14. The molecule has 3 heteroatoms. The minimum atomic E-state index is -0.552. The molecule has 0 bridgehead atoms. The topological polar surface area (TPSA) is 43.4 Å². The summed E-state index contributed by atoms with van der Waals surface area (Å²) in [6, 6.07) is 0. The van der Waals surface area contributed by atoms with Crippen LogP contribution in [0.3, 0.4) is 0 Å². The molecule has 0 spiro atoms. The van der Waals surface area contributed by atoms with Crippen molar-refractivity contribution in [2.75, 3.05) is 6.61 Å². The number of hydrogen-bond donors (Lipinski definition) is 0. The van der Waals surface area contributed by atoms with Crippen molar-refractivity contribution in [2.24, 2.45) is 0 Å². The summed E-state index contributed by atoms with van der Waals surface area (Å²) < 4.78 is 4.99. The van der Waals surface area contributed by atoms with E-state index in [4.69, 9.17) is 4.74 Å². The van der Waals surface area contributed by atoms with Crippen LogP contribution in [0.1, 0.15) is 39.5 Å². The second-order valence-electron chi connectivity index (χ2n) is 3.57. The van der Waals surface area contributed by atoms with Crippen molar-refractivity contribution in [3.8, 4) is 0 Å². The summed E-state index contributed by atoms with van der Waals surface area (Å²) >= 11 is 0. The first-order chi connectivity index (χ1) is 7.63. The van der Waals surface area contributed by atoms with Crippen LogP contribution in [0.15, 0.2) is 24.3 Å². The highest BCUT2D eigenvalue weighted by atomic mass is 16.5. The summed E-state index contributed by atoms with van der Waals surface area (Å²) in [4.78, 5) is 22.5. The van der Waals surface area contributed by atoms with E-state index in [0.29, 0.717) is 6.61 Å². The van der Waals surface area contributed by atoms with Crippen LogP contribution in [0.2, 0.25) is 0 Å². The lowest BCUT2D eigenvalue weighted by molar-refractivity contribution is -0.140. The molecular formula is C13H20O3. The summed E-state index contributed by atoms with van der Waals surface area (Å²) in [5.41, 5.74) is 0.0606. The zero-order valence-corrected chi connectivity index (χ0v) is 10.1. The Morgan fingerprint density at radius 3 is 2.44 bits per heavy atom. The van der Waals surface area contributed by atoms with Crippen LogP contribution in [0.5, 0.6) is 0 Å². The maximum atomic E-state index is 11.4. The van der Waals surface area contributed by atoms with Gasteiger partial charge in [-0.2, -0.15) is 0 Å². The van der Waals surface area contributed by atoms with E-state index in [0.717, 1.165) is 25.7 Å².